The van der Waals surface area contributed by atoms with Crippen LogP contribution < -0.4 is 5.32 Å². The Labute approximate surface area is 108 Å². The zero-order valence-corrected chi connectivity index (χ0v) is 11.1. The molecule has 0 fully saturated rings. The fourth-order valence-corrected chi connectivity index (χ4v) is 1.70. The summed E-state index contributed by atoms with van der Waals surface area (Å²) in [5, 5.41) is 2.65. The van der Waals surface area contributed by atoms with Crippen LogP contribution in [0.15, 0.2) is 28.7 Å². The second-order valence-electron chi connectivity index (χ2n) is 3.39. The summed E-state index contributed by atoms with van der Waals surface area (Å²) in [6.45, 7) is 2.40. The first-order valence-electron chi connectivity index (χ1n) is 5.28. The van der Waals surface area contributed by atoms with E-state index in [2.05, 4.69) is 26.0 Å². The SMILES string of the molecule is CCOC(=O)CC(=O)NCc1cccc(Br)c1. The molecule has 0 saturated heterocycles. The van der Waals surface area contributed by atoms with Crippen molar-refractivity contribution in [1.29, 1.82) is 0 Å². The third kappa shape index (κ3) is 5.49. The van der Waals surface area contributed by atoms with Crippen LogP contribution in [0.4, 0.5) is 0 Å². The number of ether oxygens (including phenoxy) is 1. The van der Waals surface area contributed by atoms with Crippen LogP contribution in [0.3, 0.4) is 0 Å². The molecule has 5 heteroatoms. The Balaban J connectivity index is 2.35. The summed E-state index contributed by atoms with van der Waals surface area (Å²) in [4.78, 5) is 22.4. The minimum absolute atomic E-state index is 0.234. The van der Waals surface area contributed by atoms with E-state index in [1.165, 1.54) is 0 Å². The predicted molar refractivity (Wildman–Crippen MR) is 67.2 cm³/mol. The summed E-state index contributed by atoms with van der Waals surface area (Å²) in [6, 6.07) is 7.60. The molecule has 0 aliphatic carbocycles. The summed E-state index contributed by atoms with van der Waals surface area (Å²) in [5.41, 5.74) is 0.969. The van der Waals surface area contributed by atoms with E-state index in [4.69, 9.17) is 0 Å². The zero-order chi connectivity index (χ0) is 12.7. The van der Waals surface area contributed by atoms with E-state index in [9.17, 15) is 9.59 Å². The summed E-state index contributed by atoms with van der Waals surface area (Å²) < 4.78 is 5.63. The normalized spacial score (nSPS) is 9.76. The Bertz CT molecular complexity index is 406. The fraction of sp³-hybridized carbons (Fsp3) is 0.333. The van der Waals surface area contributed by atoms with Gasteiger partial charge in [-0.15, -0.1) is 0 Å². The Morgan fingerprint density at radius 2 is 2.18 bits per heavy atom. The molecule has 1 rings (SSSR count). The molecule has 0 bridgehead atoms. The fourth-order valence-electron chi connectivity index (χ4n) is 1.25. The molecule has 0 unspecified atom stereocenters. The maximum Gasteiger partial charge on any atom is 0.315 e. The zero-order valence-electron chi connectivity index (χ0n) is 9.53. The second kappa shape index (κ2) is 7.06. The molecule has 17 heavy (non-hydrogen) atoms. The molecule has 0 spiro atoms. The van der Waals surface area contributed by atoms with E-state index in [1.807, 2.05) is 24.3 Å². The molecule has 4 nitrogen and oxygen atoms in total. The third-order valence-corrected chi connectivity index (χ3v) is 2.48. The first kappa shape index (κ1) is 13.7. The number of carbonyl (C=O) groups is 2. The number of amides is 1. The highest BCUT2D eigenvalue weighted by atomic mass is 79.9. The molecular weight excluding hydrogens is 286 g/mol. The molecule has 0 aliphatic heterocycles. The Kier molecular flexibility index (Phi) is 5.69. The molecule has 92 valence electrons. The lowest BCUT2D eigenvalue weighted by molar-refractivity contribution is -0.146. The average molecular weight is 300 g/mol. The van der Waals surface area contributed by atoms with Gasteiger partial charge in [0.25, 0.3) is 0 Å². The highest BCUT2D eigenvalue weighted by Crippen LogP contribution is 2.11. The number of hydrogen-bond acceptors (Lipinski definition) is 3. The summed E-state index contributed by atoms with van der Waals surface area (Å²) >= 11 is 3.34. The number of esters is 1. The van der Waals surface area contributed by atoms with E-state index in [0.29, 0.717) is 6.54 Å². The molecule has 1 amide bonds. The van der Waals surface area contributed by atoms with Crippen molar-refractivity contribution in [2.75, 3.05) is 6.61 Å². The molecule has 1 aromatic carbocycles. The van der Waals surface area contributed by atoms with Gasteiger partial charge in [0.05, 0.1) is 6.61 Å². The smallest absolute Gasteiger partial charge is 0.315 e. The van der Waals surface area contributed by atoms with Crippen molar-refractivity contribution in [3.63, 3.8) is 0 Å². The van der Waals surface area contributed by atoms with Crippen molar-refractivity contribution in [2.45, 2.75) is 19.9 Å². The van der Waals surface area contributed by atoms with Crippen LogP contribution in [0, 0.1) is 0 Å². The van der Waals surface area contributed by atoms with Crippen molar-refractivity contribution in [3.05, 3.63) is 34.3 Å². The Morgan fingerprint density at radius 3 is 2.82 bits per heavy atom. The van der Waals surface area contributed by atoms with Gasteiger partial charge in [-0.2, -0.15) is 0 Å². The summed E-state index contributed by atoms with van der Waals surface area (Å²) in [5.74, 6) is -0.831. The summed E-state index contributed by atoms with van der Waals surface area (Å²) in [6.07, 6.45) is -0.234. The van der Waals surface area contributed by atoms with E-state index >= 15 is 0 Å². The molecule has 0 heterocycles. The lowest BCUT2D eigenvalue weighted by Gasteiger charge is -2.05. The van der Waals surface area contributed by atoms with Crippen LogP contribution in [-0.2, 0) is 20.9 Å². The number of benzene rings is 1. The highest BCUT2D eigenvalue weighted by molar-refractivity contribution is 9.10. The standard InChI is InChI=1S/C12H14BrNO3/c1-2-17-12(16)7-11(15)14-8-9-4-3-5-10(13)6-9/h3-6H,2,7-8H2,1H3,(H,14,15). The minimum atomic E-state index is -0.501. The monoisotopic (exact) mass is 299 g/mol. The van der Waals surface area contributed by atoms with Gasteiger partial charge < -0.3 is 10.1 Å². The number of rotatable bonds is 5. The maximum atomic E-state index is 11.4. The number of hydrogen-bond donors (Lipinski definition) is 1. The van der Waals surface area contributed by atoms with E-state index in [-0.39, 0.29) is 18.9 Å². The second-order valence-corrected chi connectivity index (χ2v) is 4.30. The quantitative estimate of drug-likeness (QED) is 0.668. The lowest BCUT2D eigenvalue weighted by Crippen LogP contribution is -2.26. The maximum absolute atomic E-state index is 11.4. The molecule has 0 aliphatic rings. The largest absolute Gasteiger partial charge is 0.466 e. The van der Waals surface area contributed by atoms with Gasteiger partial charge in [0, 0.05) is 11.0 Å². The van der Waals surface area contributed by atoms with E-state index in [1.54, 1.807) is 6.92 Å². The van der Waals surface area contributed by atoms with Crippen molar-refractivity contribution >= 4 is 27.8 Å². The van der Waals surface area contributed by atoms with Gasteiger partial charge in [-0.05, 0) is 24.6 Å². The topological polar surface area (TPSA) is 55.4 Å². The van der Waals surface area contributed by atoms with E-state index < -0.39 is 5.97 Å². The molecular formula is C12H14BrNO3. The first-order chi connectivity index (χ1) is 8.11. The van der Waals surface area contributed by atoms with Gasteiger partial charge in [-0.3, -0.25) is 9.59 Å². The summed E-state index contributed by atoms with van der Waals surface area (Å²) in [7, 11) is 0. The van der Waals surface area contributed by atoms with Crippen LogP contribution in [0.2, 0.25) is 0 Å². The lowest BCUT2D eigenvalue weighted by atomic mass is 10.2. The van der Waals surface area contributed by atoms with Crippen molar-refractivity contribution in [2.24, 2.45) is 0 Å². The number of nitrogens with one attached hydrogen (secondary N) is 1. The van der Waals surface area contributed by atoms with Crippen molar-refractivity contribution in [3.8, 4) is 0 Å². The van der Waals surface area contributed by atoms with Crippen LogP contribution in [0.5, 0.6) is 0 Å². The van der Waals surface area contributed by atoms with Gasteiger partial charge in [0.1, 0.15) is 6.42 Å². The number of carbonyl (C=O) groups excluding carboxylic acids is 2. The van der Waals surface area contributed by atoms with Crippen LogP contribution in [0.1, 0.15) is 18.9 Å². The predicted octanol–water partition coefficient (Wildman–Crippen LogP) is 2.02. The molecule has 1 N–H and O–H groups in total. The van der Waals surface area contributed by atoms with Crippen LogP contribution in [-0.4, -0.2) is 18.5 Å². The molecule has 0 saturated carbocycles. The molecule has 1 aromatic rings. The van der Waals surface area contributed by atoms with E-state index in [0.717, 1.165) is 10.0 Å². The number of halogens is 1. The van der Waals surface area contributed by atoms with Gasteiger partial charge in [0.15, 0.2) is 0 Å². The van der Waals surface area contributed by atoms with Gasteiger partial charge in [-0.25, -0.2) is 0 Å². The molecule has 0 aromatic heterocycles. The molecule has 0 radical (unpaired) electrons. The average Bonchev–Trinajstić information content (AvgIpc) is 2.27. The molecule has 0 atom stereocenters. The van der Waals surface area contributed by atoms with Crippen LogP contribution in [0.25, 0.3) is 0 Å². The van der Waals surface area contributed by atoms with Gasteiger partial charge >= 0.3 is 5.97 Å². The Hall–Kier alpha value is -1.36. The van der Waals surface area contributed by atoms with Crippen molar-refractivity contribution < 1.29 is 14.3 Å². The minimum Gasteiger partial charge on any atom is -0.466 e. The van der Waals surface area contributed by atoms with Crippen LogP contribution >= 0.6 is 15.9 Å². The first-order valence-corrected chi connectivity index (χ1v) is 6.08. The van der Waals surface area contributed by atoms with Gasteiger partial charge in [-0.1, -0.05) is 28.1 Å². The Morgan fingerprint density at radius 1 is 1.41 bits per heavy atom. The van der Waals surface area contributed by atoms with Gasteiger partial charge in [0.2, 0.25) is 5.91 Å². The third-order valence-electron chi connectivity index (χ3n) is 1.99. The highest BCUT2D eigenvalue weighted by Gasteiger charge is 2.09. The van der Waals surface area contributed by atoms with Crippen molar-refractivity contribution in [1.82, 2.24) is 5.32 Å².